The first-order valence-electron chi connectivity index (χ1n) is 10.8. The topological polar surface area (TPSA) is 41.6 Å². The highest BCUT2D eigenvalue weighted by molar-refractivity contribution is 8.21. The number of amides is 1. The number of thioether (sulfide) groups is 2. The predicted octanol–water partition coefficient (Wildman–Crippen LogP) is 4.46. The highest BCUT2D eigenvalue weighted by Gasteiger charge is 2.55. The Morgan fingerprint density at radius 2 is 1.68 bits per heavy atom. The van der Waals surface area contributed by atoms with Crippen LogP contribution in [-0.2, 0) is 9.53 Å². The van der Waals surface area contributed by atoms with E-state index in [1.165, 1.54) is 36.5 Å². The molecule has 1 spiro atoms. The molecular formula is C22H30N2O2S2. The van der Waals surface area contributed by atoms with Gasteiger partial charge in [0.15, 0.2) is 0 Å². The van der Waals surface area contributed by atoms with Crippen molar-refractivity contribution in [1.29, 1.82) is 0 Å². The molecule has 1 amide bonds. The van der Waals surface area contributed by atoms with E-state index in [1.54, 1.807) is 0 Å². The molecule has 2 heterocycles. The number of carbonyl (C=O) groups is 1. The van der Waals surface area contributed by atoms with Crippen LogP contribution in [0, 0.1) is 17.8 Å². The molecule has 2 saturated carbocycles. The van der Waals surface area contributed by atoms with Gasteiger partial charge in [-0.15, -0.1) is 23.5 Å². The van der Waals surface area contributed by atoms with Gasteiger partial charge in [-0.3, -0.25) is 4.79 Å². The molecule has 3 atom stereocenters. The predicted molar refractivity (Wildman–Crippen MR) is 119 cm³/mol. The van der Waals surface area contributed by atoms with Crippen molar-refractivity contribution in [1.82, 2.24) is 0 Å². The van der Waals surface area contributed by atoms with E-state index in [2.05, 4.69) is 58.0 Å². The van der Waals surface area contributed by atoms with Crippen molar-refractivity contribution < 1.29 is 9.53 Å². The van der Waals surface area contributed by atoms with Gasteiger partial charge in [0.05, 0.1) is 17.3 Å². The molecule has 6 heteroatoms. The maximum Gasteiger partial charge on any atom is 0.227 e. The molecule has 0 aromatic heterocycles. The van der Waals surface area contributed by atoms with Crippen LogP contribution in [0.4, 0.5) is 11.4 Å². The summed E-state index contributed by atoms with van der Waals surface area (Å²) < 4.78 is 5.87. The highest BCUT2D eigenvalue weighted by Crippen LogP contribution is 2.64. The summed E-state index contributed by atoms with van der Waals surface area (Å²) >= 11 is 4.42. The van der Waals surface area contributed by atoms with E-state index in [1.807, 2.05) is 0 Å². The lowest BCUT2D eigenvalue weighted by Gasteiger charge is -2.52. The number of nitrogens with zero attached hydrogens (tertiary/aromatic N) is 1. The van der Waals surface area contributed by atoms with Gasteiger partial charge in [-0.05, 0) is 61.8 Å². The third-order valence-electron chi connectivity index (χ3n) is 7.00. The summed E-state index contributed by atoms with van der Waals surface area (Å²) in [7, 11) is 0. The Balaban J connectivity index is 1.22. The van der Waals surface area contributed by atoms with Crippen molar-refractivity contribution >= 4 is 40.8 Å². The van der Waals surface area contributed by atoms with Crippen LogP contribution >= 0.6 is 23.5 Å². The number of benzene rings is 1. The van der Waals surface area contributed by atoms with Crippen LogP contribution in [0.2, 0.25) is 0 Å². The molecule has 0 radical (unpaired) electrons. The minimum absolute atomic E-state index is 0.182. The SMILES string of the molecule is O=C(Nc1ccc(N2CCOCC2)cc1)C1C[C@H]2CCC[C@@H](C1)C21SCCS1. The average Bonchev–Trinajstić information content (AvgIpc) is 3.18. The Bertz CT molecular complexity index is 683. The number of morpholine rings is 1. The zero-order valence-corrected chi connectivity index (χ0v) is 18.0. The molecule has 2 bridgehead atoms. The minimum Gasteiger partial charge on any atom is -0.378 e. The van der Waals surface area contributed by atoms with Crippen LogP contribution in [-0.4, -0.2) is 47.8 Å². The molecule has 28 heavy (non-hydrogen) atoms. The maximum atomic E-state index is 13.0. The fourth-order valence-electron chi connectivity index (χ4n) is 5.64. The number of hydrogen-bond acceptors (Lipinski definition) is 5. The van der Waals surface area contributed by atoms with Gasteiger partial charge in [0, 0.05) is 41.9 Å². The van der Waals surface area contributed by atoms with E-state index in [0.717, 1.165) is 56.7 Å². The van der Waals surface area contributed by atoms with E-state index in [0.29, 0.717) is 4.08 Å². The molecule has 4 fully saturated rings. The molecule has 2 aliphatic carbocycles. The Morgan fingerprint density at radius 3 is 2.32 bits per heavy atom. The second-order valence-electron chi connectivity index (χ2n) is 8.55. The van der Waals surface area contributed by atoms with Crippen molar-refractivity contribution in [3.63, 3.8) is 0 Å². The van der Waals surface area contributed by atoms with Crippen LogP contribution < -0.4 is 10.2 Å². The van der Waals surface area contributed by atoms with Crippen LogP contribution in [0.3, 0.4) is 0 Å². The second kappa shape index (κ2) is 8.11. The second-order valence-corrected chi connectivity index (χ2v) is 11.6. The van der Waals surface area contributed by atoms with E-state index < -0.39 is 0 Å². The molecule has 2 aliphatic heterocycles. The first-order chi connectivity index (χ1) is 13.7. The van der Waals surface area contributed by atoms with Gasteiger partial charge in [0.1, 0.15) is 0 Å². The number of carbonyl (C=O) groups excluding carboxylic acids is 1. The Labute approximate surface area is 176 Å². The number of nitrogens with one attached hydrogen (secondary N) is 1. The third kappa shape index (κ3) is 3.56. The first-order valence-corrected chi connectivity index (χ1v) is 12.7. The molecule has 1 unspecified atom stereocenters. The maximum absolute atomic E-state index is 13.0. The van der Waals surface area contributed by atoms with Gasteiger partial charge in [-0.25, -0.2) is 0 Å². The quantitative estimate of drug-likeness (QED) is 0.785. The van der Waals surface area contributed by atoms with Crippen molar-refractivity contribution in [3.8, 4) is 0 Å². The summed E-state index contributed by atoms with van der Waals surface area (Å²) in [5.41, 5.74) is 2.14. The fourth-order valence-corrected chi connectivity index (χ4v) is 9.58. The molecule has 152 valence electrons. The van der Waals surface area contributed by atoms with Gasteiger partial charge >= 0.3 is 0 Å². The molecule has 4 nitrogen and oxygen atoms in total. The molecular weight excluding hydrogens is 388 g/mol. The molecule has 5 rings (SSSR count). The van der Waals surface area contributed by atoms with E-state index in [-0.39, 0.29) is 11.8 Å². The van der Waals surface area contributed by atoms with Crippen molar-refractivity contribution in [2.45, 2.75) is 36.2 Å². The number of rotatable bonds is 3. The third-order valence-corrected chi connectivity index (χ3v) is 11.0. The van der Waals surface area contributed by atoms with Gasteiger partial charge in [0.25, 0.3) is 0 Å². The highest BCUT2D eigenvalue weighted by atomic mass is 32.2. The van der Waals surface area contributed by atoms with Gasteiger partial charge < -0.3 is 15.0 Å². The van der Waals surface area contributed by atoms with Gasteiger partial charge in [-0.2, -0.15) is 0 Å². The largest absolute Gasteiger partial charge is 0.378 e. The molecule has 4 aliphatic rings. The van der Waals surface area contributed by atoms with E-state index in [4.69, 9.17) is 4.74 Å². The lowest BCUT2D eigenvalue weighted by atomic mass is 9.67. The Hall–Kier alpha value is -0.850. The number of hydrogen-bond donors (Lipinski definition) is 1. The minimum atomic E-state index is 0.182. The van der Waals surface area contributed by atoms with E-state index in [9.17, 15) is 4.79 Å². The zero-order chi connectivity index (χ0) is 19.0. The standard InChI is InChI=1S/C22H30N2O2S2/c25-21(23-19-4-6-20(7-5-19)24-8-10-26-11-9-24)16-14-17-2-1-3-18(15-16)22(17)27-12-13-28-22/h4-7,16-18H,1-3,8-15H2,(H,23,25)/t16?,17-,18+. The normalized spacial score (nSPS) is 31.7. The molecule has 1 N–H and O–H groups in total. The van der Waals surface area contributed by atoms with Crippen molar-refractivity contribution in [2.24, 2.45) is 17.8 Å². The number of anilines is 2. The molecule has 1 aromatic carbocycles. The van der Waals surface area contributed by atoms with E-state index >= 15 is 0 Å². The lowest BCUT2D eigenvalue weighted by molar-refractivity contribution is -0.122. The van der Waals surface area contributed by atoms with Crippen molar-refractivity contribution in [3.05, 3.63) is 24.3 Å². The van der Waals surface area contributed by atoms with Crippen LogP contribution in [0.25, 0.3) is 0 Å². The van der Waals surface area contributed by atoms with Crippen LogP contribution in [0.1, 0.15) is 32.1 Å². The first kappa shape index (κ1) is 19.1. The number of ether oxygens (including phenoxy) is 1. The summed E-state index contributed by atoms with van der Waals surface area (Å²) in [5, 5.41) is 3.21. The van der Waals surface area contributed by atoms with Crippen LogP contribution in [0.5, 0.6) is 0 Å². The van der Waals surface area contributed by atoms with Crippen molar-refractivity contribution in [2.75, 3.05) is 48.0 Å². The fraction of sp³-hybridized carbons (Fsp3) is 0.682. The smallest absolute Gasteiger partial charge is 0.227 e. The monoisotopic (exact) mass is 418 g/mol. The molecule has 2 saturated heterocycles. The van der Waals surface area contributed by atoms with Gasteiger partial charge in [0.2, 0.25) is 5.91 Å². The summed E-state index contributed by atoms with van der Waals surface area (Å²) in [5.74, 6) is 4.45. The lowest BCUT2D eigenvalue weighted by Crippen LogP contribution is -2.48. The van der Waals surface area contributed by atoms with Gasteiger partial charge in [-0.1, -0.05) is 6.42 Å². The summed E-state index contributed by atoms with van der Waals surface area (Å²) in [6, 6.07) is 8.35. The average molecular weight is 419 g/mol. The Morgan fingerprint density at radius 1 is 1.04 bits per heavy atom. The summed E-state index contributed by atoms with van der Waals surface area (Å²) in [4.78, 5) is 15.4. The molecule has 1 aromatic rings. The summed E-state index contributed by atoms with van der Waals surface area (Å²) in [6.07, 6.45) is 6.14. The zero-order valence-electron chi connectivity index (χ0n) is 16.4. The summed E-state index contributed by atoms with van der Waals surface area (Å²) in [6.45, 7) is 3.46. The van der Waals surface area contributed by atoms with Crippen LogP contribution in [0.15, 0.2) is 24.3 Å². The Kier molecular flexibility index (Phi) is 5.54.